The summed E-state index contributed by atoms with van der Waals surface area (Å²) in [5, 5.41) is 3.13. The highest BCUT2D eigenvalue weighted by atomic mass is 19.2. The maximum atomic E-state index is 12.8. The molecule has 0 bridgehead atoms. The van der Waals surface area contributed by atoms with Crippen molar-refractivity contribution in [3.63, 3.8) is 0 Å². The van der Waals surface area contributed by atoms with E-state index in [4.69, 9.17) is 4.74 Å². The number of hydrogen-bond acceptors (Lipinski definition) is 2. The maximum Gasteiger partial charge on any atom is 0.162 e. The van der Waals surface area contributed by atoms with Crippen LogP contribution in [0.15, 0.2) is 18.2 Å². The maximum absolute atomic E-state index is 12.8. The number of hydrogen-bond donors (Lipinski definition) is 1. The molecule has 0 amide bonds. The Bertz CT molecular complexity index is 324. The molecule has 1 fully saturated rings. The molecule has 0 aliphatic carbocycles. The highest BCUT2D eigenvalue weighted by molar-refractivity contribution is 5.24. The van der Waals surface area contributed by atoms with Crippen molar-refractivity contribution in [3.8, 4) is 5.75 Å². The minimum absolute atomic E-state index is 0.0693. The quantitative estimate of drug-likeness (QED) is 0.782. The van der Waals surface area contributed by atoms with Gasteiger partial charge in [0.2, 0.25) is 0 Å². The van der Waals surface area contributed by atoms with Crippen LogP contribution in [0.3, 0.4) is 0 Å². The van der Waals surface area contributed by atoms with E-state index in [2.05, 4.69) is 5.32 Å². The monoisotopic (exact) mass is 199 g/mol. The SMILES string of the molecule is Fc1ccc(O[C@H]2CCNC2)cc1F. The summed E-state index contributed by atoms with van der Waals surface area (Å²) in [5.41, 5.74) is 0. The highest BCUT2D eigenvalue weighted by Gasteiger charge is 2.16. The van der Waals surface area contributed by atoms with E-state index in [1.54, 1.807) is 0 Å². The third-order valence-corrected chi connectivity index (χ3v) is 2.21. The standard InChI is InChI=1S/C10H11F2NO/c11-9-2-1-7(5-10(9)12)14-8-3-4-13-6-8/h1-2,5,8,13H,3-4,6H2/t8-/m0/s1. The van der Waals surface area contributed by atoms with Gasteiger partial charge < -0.3 is 10.1 Å². The Morgan fingerprint density at radius 3 is 2.79 bits per heavy atom. The van der Waals surface area contributed by atoms with Gasteiger partial charge in [0.25, 0.3) is 0 Å². The van der Waals surface area contributed by atoms with Gasteiger partial charge in [-0.15, -0.1) is 0 Å². The van der Waals surface area contributed by atoms with Crippen LogP contribution in [0.5, 0.6) is 5.75 Å². The molecule has 2 rings (SSSR count). The minimum Gasteiger partial charge on any atom is -0.489 e. The van der Waals surface area contributed by atoms with Crippen molar-refractivity contribution in [2.75, 3.05) is 13.1 Å². The van der Waals surface area contributed by atoms with Crippen molar-refractivity contribution < 1.29 is 13.5 Å². The molecule has 76 valence electrons. The van der Waals surface area contributed by atoms with E-state index >= 15 is 0 Å². The molecule has 1 aliphatic heterocycles. The van der Waals surface area contributed by atoms with E-state index in [9.17, 15) is 8.78 Å². The van der Waals surface area contributed by atoms with Crippen molar-refractivity contribution in [1.29, 1.82) is 0 Å². The Morgan fingerprint density at radius 1 is 1.29 bits per heavy atom. The van der Waals surface area contributed by atoms with E-state index in [1.807, 2.05) is 0 Å². The number of nitrogens with one attached hydrogen (secondary N) is 1. The molecular formula is C10H11F2NO. The first kappa shape index (κ1) is 9.40. The molecule has 1 aromatic rings. The summed E-state index contributed by atoms with van der Waals surface area (Å²) in [4.78, 5) is 0. The summed E-state index contributed by atoms with van der Waals surface area (Å²) in [6, 6.07) is 3.59. The van der Waals surface area contributed by atoms with Gasteiger partial charge in [-0.25, -0.2) is 8.78 Å². The smallest absolute Gasteiger partial charge is 0.162 e. The van der Waals surface area contributed by atoms with Crippen LogP contribution >= 0.6 is 0 Å². The molecular weight excluding hydrogens is 188 g/mol. The van der Waals surface area contributed by atoms with Gasteiger partial charge in [-0.1, -0.05) is 0 Å². The first-order valence-corrected chi connectivity index (χ1v) is 4.58. The summed E-state index contributed by atoms with van der Waals surface area (Å²) in [6.45, 7) is 1.67. The zero-order valence-electron chi connectivity index (χ0n) is 7.59. The molecule has 2 nitrogen and oxygen atoms in total. The van der Waals surface area contributed by atoms with Gasteiger partial charge in [-0.3, -0.25) is 0 Å². The second kappa shape index (κ2) is 3.92. The van der Waals surface area contributed by atoms with E-state index < -0.39 is 11.6 Å². The second-order valence-corrected chi connectivity index (χ2v) is 3.31. The summed E-state index contributed by atoms with van der Waals surface area (Å²) in [7, 11) is 0. The third-order valence-electron chi connectivity index (χ3n) is 2.21. The van der Waals surface area contributed by atoms with Crippen molar-refractivity contribution in [2.45, 2.75) is 12.5 Å². The molecule has 0 spiro atoms. The summed E-state index contributed by atoms with van der Waals surface area (Å²) < 4.78 is 30.8. The molecule has 0 saturated carbocycles. The highest BCUT2D eigenvalue weighted by Crippen LogP contribution is 2.18. The van der Waals surface area contributed by atoms with Gasteiger partial charge >= 0.3 is 0 Å². The van der Waals surface area contributed by atoms with Crippen LogP contribution in [0.1, 0.15) is 6.42 Å². The van der Waals surface area contributed by atoms with Gasteiger partial charge in [-0.05, 0) is 25.1 Å². The lowest BCUT2D eigenvalue weighted by Crippen LogP contribution is -2.19. The van der Waals surface area contributed by atoms with Crippen molar-refractivity contribution in [2.24, 2.45) is 0 Å². The lowest BCUT2D eigenvalue weighted by atomic mass is 10.3. The summed E-state index contributed by atoms with van der Waals surface area (Å²) in [5.74, 6) is -1.33. The Morgan fingerprint density at radius 2 is 2.14 bits per heavy atom. The van der Waals surface area contributed by atoms with E-state index in [-0.39, 0.29) is 6.10 Å². The molecule has 1 N–H and O–H groups in total. The second-order valence-electron chi connectivity index (χ2n) is 3.31. The predicted octanol–water partition coefficient (Wildman–Crippen LogP) is 1.71. The van der Waals surface area contributed by atoms with Crippen molar-refractivity contribution in [3.05, 3.63) is 29.8 Å². The molecule has 1 aliphatic rings. The summed E-state index contributed by atoms with van der Waals surface area (Å²) >= 11 is 0. The number of rotatable bonds is 2. The van der Waals surface area contributed by atoms with E-state index in [1.165, 1.54) is 6.07 Å². The Hall–Kier alpha value is -1.16. The van der Waals surface area contributed by atoms with Crippen molar-refractivity contribution >= 4 is 0 Å². The Kier molecular flexibility index (Phi) is 2.63. The van der Waals surface area contributed by atoms with Crippen LogP contribution in [-0.4, -0.2) is 19.2 Å². The fraction of sp³-hybridized carbons (Fsp3) is 0.400. The number of halogens is 2. The van der Waals surface area contributed by atoms with E-state index in [0.29, 0.717) is 5.75 Å². The average Bonchev–Trinajstić information content (AvgIpc) is 2.64. The minimum atomic E-state index is -0.867. The summed E-state index contributed by atoms with van der Waals surface area (Å²) in [6.07, 6.45) is 0.971. The predicted molar refractivity (Wildman–Crippen MR) is 48.3 cm³/mol. The average molecular weight is 199 g/mol. The van der Waals surface area contributed by atoms with Crippen LogP contribution < -0.4 is 10.1 Å². The topological polar surface area (TPSA) is 21.3 Å². The molecule has 0 radical (unpaired) electrons. The fourth-order valence-corrected chi connectivity index (χ4v) is 1.47. The van der Waals surface area contributed by atoms with Gasteiger partial charge in [0.1, 0.15) is 11.9 Å². The van der Waals surface area contributed by atoms with E-state index in [0.717, 1.165) is 31.6 Å². The van der Waals surface area contributed by atoms with Gasteiger partial charge in [0, 0.05) is 12.6 Å². The Balaban J connectivity index is 2.05. The molecule has 14 heavy (non-hydrogen) atoms. The molecule has 0 unspecified atom stereocenters. The number of benzene rings is 1. The normalized spacial score (nSPS) is 21.1. The number of ether oxygens (including phenoxy) is 1. The molecule has 0 aromatic heterocycles. The van der Waals surface area contributed by atoms with Crippen LogP contribution in [-0.2, 0) is 0 Å². The molecule has 1 saturated heterocycles. The first-order chi connectivity index (χ1) is 6.75. The van der Waals surface area contributed by atoms with Gasteiger partial charge in [-0.2, -0.15) is 0 Å². The van der Waals surface area contributed by atoms with Crippen molar-refractivity contribution in [1.82, 2.24) is 5.32 Å². The fourth-order valence-electron chi connectivity index (χ4n) is 1.47. The zero-order chi connectivity index (χ0) is 9.97. The van der Waals surface area contributed by atoms with Gasteiger partial charge in [0.15, 0.2) is 11.6 Å². The largest absolute Gasteiger partial charge is 0.489 e. The molecule has 4 heteroatoms. The van der Waals surface area contributed by atoms with Gasteiger partial charge in [0.05, 0.1) is 0 Å². The van der Waals surface area contributed by atoms with Crippen LogP contribution in [0.2, 0.25) is 0 Å². The van der Waals surface area contributed by atoms with Crippen LogP contribution in [0, 0.1) is 11.6 Å². The zero-order valence-corrected chi connectivity index (χ0v) is 7.59. The first-order valence-electron chi connectivity index (χ1n) is 4.58. The molecule has 1 atom stereocenters. The lowest BCUT2D eigenvalue weighted by molar-refractivity contribution is 0.221. The van der Waals surface area contributed by atoms with Crippen LogP contribution in [0.25, 0.3) is 0 Å². The van der Waals surface area contributed by atoms with Crippen LogP contribution in [0.4, 0.5) is 8.78 Å². The third kappa shape index (κ3) is 2.01. The molecule has 1 aromatic carbocycles. The lowest BCUT2D eigenvalue weighted by Gasteiger charge is -2.12. The Labute approximate surface area is 80.9 Å². The molecule has 1 heterocycles.